The molecule has 0 fully saturated rings. The predicted molar refractivity (Wildman–Crippen MR) is 79.4 cm³/mol. The maximum Gasteiger partial charge on any atom is 0.429 e. The van der Waals surface area contributed by atoms with Crippen LogP contribution in [0.3, 0.4) is 0 Å². The van der Waals surface area contributed by atoms with Gasteiger partial charge in [-0.2, -0.15) is 0 Å². The van der Waals surface area contributed by atoms with Gasteiger partial charge in [-0.1, -0.05) is 0 Å². The van der Waals surface area contributed by atoms with E-state index in [1.807, 2.05) is 0 Å². The van der Waals surface area contributed by atoms with Crippen molar-refractivity contribution in [1.29, 1.82) is 0 Å². The number of hydrazine groups is 1. The van der Waals surface area contributed by atoms with Gasteiger partial charge in [0, 0.05) is 12.5 Å². The molecule has 0 bridgehead atoms. The van der Waals surface area contributed by atoms with Crippen molar-refractivity contribution >= 4 is 18.0 Å². The highest BCUT2D eigenvalue weighted by Gasteiger charge is 2.22. The number of ether oxygens (including phenoxy) is 2. The van der Waals surface area contributed by atoms with Crippen LogP contribution in [0, 0.1) is 0 Å². The fourth-order valence-electron chi connectivity index (χ4n) is 1.60. The molecule has 9 nitrogen and oxygen atoms in total. The second-order valence-electron chi connectivity index (χ2n) is 4.52. The quantitative estimate of drug-likeness (QED) is 0.385. The number of nitrogens with one attached hydrogen (secondary N) is 1. The largest absolute Gasteiger partial charge is 0.465 e. The van der Waals surface area contributed by atoms with Crippen LogP contribution in [0.25, 0.3) is 0 Å². The van der Waals surface area contributed by atoms with E-state index in [9.17, 15) is 14.4 Å². The Balaban J connectivity index is 4.51. The fraction of sp³-hybridized carbons (Fsp3) is 0.769. The van der Waals surface area contributed by atoms with Crippen molar-refractivity contribution in [2.24, 2.45) is 11.5 Å². The lowest BCUT2D eigenvalue weighted by Gasteiger charge is -2.22. The van der Waals surface area contributed by atoms with E-state index < -0.39 is 24.5 Å². The van der Waals surface area contributed by atoms with Gasteiger partial charge in [-0.3, -0.25) is 15.0 Å². The van der Waals surface area contributed by atoms with Crippen LogP contribution in [-0.4, -0.2) is 55.3 Å². The zero-order valence-corrected chi connectivity index (χ0v) is 13.2. The summed E-state index contributed by atoms with van der Waals surface area (Å²) in [5, 5.41) is 0.777. The molecule has 0 spiro atoms. The molecule has 0 aliphatic carbocycles. The van der Waals surface area contributed by atoms with Gasteiger partial charge >= 0.3 is 12.1 Å². The van der Waals surface area contributed by atoms with Gasteiger partial charge in [0.2, 0.25) is 5.91 Å². The van der Waals surface area contributed by atoms with Crippen molar-refractivity contribution in [3.05, 3.63) is 0 Å². The van der Waals surface area contributed by atoms with E-state index in [-0.39, 0.29) is 25.7 Å². The minimum Gasteiger partial charge on any atom is -0.465 e. The van der Waals surface area contributed by atoms with Crippen molar-refractivity contribution in [2.75, 3.05) is 26.3 Å². The Morgan fingerprint density at radius 2 is 1.82 bits per heavy atom. The second kappa shape index (κ2) is 11.8. The zero-order chi connectivity index (χ0) is 17.0. The summed E-state index contributed by atoms with van der Waals surface area (Å²) in [6.07, 6.45) is 0.484. The van der Waals surface area contributed by atoms with E-state index in [1.54, 1.807) is 13.8 Å². The first kappa shape index (κ1) is 20.1. The molecule has 0 unspecified atom stereocenters. The van der Waals surface area contributed by atoms with Gasteiger partial charge in [0.1, 0.15) is 6.54 Å². The van der Waals surface area contributed by atoms with Crippen LogP contribution in [0.1, 0.15) is 33.1 Å². The van der Waals surface area contributed by atoms with Gasteiger partial charge < -0.3 is 20.9 Å². The lowest BCUT2D eigenvalue weighted by molar-refractivity contribution is -0.145. The Morgan fingerprint density at radius 3 is 2.36 bits per heavy atom. The Labute approximate surface area is 130 Å². The third-order valence-corrected chi connectivity index (χ3v) is 2.57. The highest BCUT2D eigenvalue weighted by atomic mass is 16.6. The summed E-state index contributed by atoms with van der Waals surface area (Å²) in [5.74, 6) is -1.13. The van der Waals surface area contributed by atoms with E-state index in [4.69, 9.17) is 20.9 Å². The molecule has 0 aromatic rings. The monoisotopic (exact) mass is 318 g/mol. The lowest BCUT2D eigenvalue weighted by atomic mass is 10.1. The first-order chi connectivity index (χ1) is 10.4. The molecule has 0 heterocycles. The summed E-state index contributed by atoms with van der Waals surface area (Å²) in [6.45, 7) is 3.60. The van der Waals surface area contributed by atoms with Crippen LogP contribution in [0.15, 0.2) is 0 Å². The molecule has 1 atom stereocenters. The topological polar surface area (TPSA) is 137 Å². The molecule has 0 aromatic heterocycles. The fourth-order valence-corrected chi connectivity index (χ4v) is 1.60. The molecule has 9 heteroatoms. The first-order valence-corrected chi connectivity index (χ1v) is 7.29. The van der Waals surface area contributed by atoms with Crippen LogP contribution in [0.2, 0.25) is 0 Å². The van der Waals surface area contributed by atoms with E-state index in [2.05, 4.69) is 5.43 Å². The maximum atomic E-state index is 11.9. The molecule has 0 radical (unpaired) electrons. The SMILES string of the molecule is CCOC(=O)CN(NC(=O)C[C@@H](N)CCCN)C(=O)OCC. The molecule has 0 aliphatic heterocycles. The Morgan fingerprint density at radius 1 is 1.18 bits per heavy atom. The third kappa shape index (κ3) is 9.14. The molecule has 0 rings (SSSR count). The summed E-state index contributed by atoms with van der Waals surface area (Å²) in [4.78, 5) is 35.0. The van der Waals surface area contributed by atoms with E-state index in [1.165, 1.54) is 0 Å². The summed E-state index contributed by atoms with van der Waals surface area (Å²) >= 11 is 0. The molecule has 0 aliphatic rings. The van der Waals surface area contributed by atoms with Crippen molar-refractivity contribution in [2.45, 2.75) is 39.2 Å². The highest BCUT2D eigenvalue weighted by molar-refractivity contribution is 5.82. The zero-order valence-electron chi connectivity index (χ0n) is 13.2. The summed E-state index contributed by atoms with van der Waals surface area (Å²) in [6, 6.07) is -0.366. The van der Waals surface area contributed by atoms with Crippen LogP contribution in [-0.2, 0) is 19.1 Å². The number of amides is 2. The highest BCUT2D eigenvalue weighted by Crippen LogP contribution is 2.00. The average Bonchev–Trinajstić information content (AvgIpc) is 2.44. The average molecular weight is 318 g/mol. The van der Waals surface area contributed by atoms with Crippen molar-refractivity contribution in [3.8, 4) is 0 Å². The van der Waals surface area contributed by atoms with Crippen LogP contribution < -0.4 is 16.9 Å². The number of carbonyl (C=O) groups is 3. The first-order valence-electron chi connectivity index (χ1n) is 7.29. The third-order valence-electron chi connectivity index (χ3n) is 2.57. The predicted octanol–water partition coefficient (Wildman–Crippen LogP) is -0.504. The Bertz CT molecular complexity index is 364. The maximum absolute atomic E-state index is 11.9. The molecule has 2 amide bonds. The Hall–Kier alpha value is -1.87. The van der Waals surface area contributed by atoms with Crippen molar-refractivity contribution in [3.63, 3.8) is 0 Å². The minimum atomic E-state index is -0.834. The van der Waals surface area contributed by atoms with Crippen LogP contribution >= 0.6 is 0 Å². The number of nitrogens with two attached hydrogens (primary N) is 2. The number of rotatable bonds is 9. The van der Waals surface area contributed by atoms with Crippen LogP contribution in [0.4, 0.5) is 4.79 Å². The number of hydrogen-bond acceptors (Lipinski definition) is 7. The van der Waals surface area contributed by atoms with Gasteiger partial charge in [0.05, 0.1) is 13.2 Å². The molecular weight excluding hydrogens is 292 g/mol. The lowest BCUT2D eigenvalue weighted by Crippen LogP contribution is -2.50. The van der Waals surface area contributed by atoms with E-state index in [0.717, 1.165) is 5.01 Å². The number of carbonyl (C=O) groups excluding carboxylic acids is 3. The molecule has 0 saturated heterocycles. The van der Waals surface area contributed by atoms with Gasteiger partial charge in [-0.25, -0.2) is 9.80 Å². The van der Waals surface area contributed by atoms with E-state index in [0.29, 0.717) is 19.4 Å². The summed E-state index contributed by atoms with van der Waals surface area (Å²) in [5.41, 5.74) is 13.5. The normalized spacial score (nSPS) is 11.5. The molecule has 0 saturated carbocycles. The van der Waals surface area contributed by atoms with Gasteiger partial charge in [0.25, 0.3) is 0 Å². The Kier molecular flexibility index (Phi) is 10.8. The number of esters is 1. The minimum absolute atomic E-state index is 0.0126. The van der Waals surface area contributed by atoms with E-state index >= 15 is 0 Å². The summed E-state index contributed by atoms with van der Waals surface area (Å²) in [7, 11) is 0. The second-order valence-corrected chi connectivity index (χ2v) is 4.52. The number of hydrogen-bond donors (Lipinski definition) is 3. The molecule has 128 valence electrons. The molecule has 0 aromatic carbocycles. The molecule has 22 heavy (non-hydrogen) atoms. The van der Waals surface area contributed by atoms with Gasteiger partial charge in [-0.15, -0.1) is 0 Å². The standard InChI is InChI=1S/C13H26N4O5/c1-3-21-12(19)9-17(13(20)22-4-2)16-11(18)8-10(15)6-5-7-14/h10H,3-9,14-15H2,1-2H3,(H,16,18)/t10-/m0/s1. The van der Waals surface area contributed by atoms with Crippen molar-refractivity contribution < 1.29 is 23.9 Å². The number of nitrogens with zero attached hydrogens (tertiary/aromatic N) is 1. The summed E-state index contributed by atoms with van der Waals surface area (Å²) < 4.78 is 9.51. The van der Waals surface area contributed by atoms with Gasteiger partial charge in [-0.05, 0) is 33.2 Å². The molecule has 5 N–H and O–H groups in total. The molecular formula is C13H26N4O5. The van der Waals surface area contributed by atoms with Crippen molar-refractivity contribution in [1.82, 2.24) is 10.4 Å². The smallest absolute Gasteiger partial charge is 0.429 e. The van der Waals surface area contributed by atoms with Crippen LogP contribution in [0.5, 0.6) is 0 Å². The van der Waals surface area contributed by atoms with Gasteiger partial charge in [0.15, 0.2) is 0 Å².